The second-order valence-corrected chi connectivity index (χ2v) is 18.2. The van der Waals surface area contributed by atoms with Crippen LogP contribution in [0.25, 0.3) is 0 Å². The summed E-state index contributed by atoms with van der Waals surface area (Å²) in [5.74, 6) is -2.87. The number of halogens is 1. The van der Waals surface area contributed by atoms with E-state index in [-0.39, 0.29) is 37.8 Å². The Balaban J connectivity index is 1.34. The SMILES string of the molecule is CC[C@@H]1C[C@]1(NC(=O)[C@@H]1C[C@@H](C2c3cccc(Cl)c3CN2C(=O)O)CN1C(=O)[C@@H](Nc1cccc(C(C)(C)C#N)c1)C(C)C)C(=O)NS(=O)(=O)C1CC1. The number of fused-ring (bicyclic) bond motifs is 1. The van der Waals surface area contributed by atoms with E-state index < -0.39 is 74.1 Å². The lowest BCUT2D eigenvalue weighted by Gasteiger charge is -2.32. The first-order valence-electron chi connectivity index (χ1n) is 18.2. The summed E-state index contributed by atoms with van der Waals surface area (Å²) >= 11 is 6.52. The number of amides is 4. The number of sulfonamides is 1. The summed E-state index contributed by atoms with van der Waals surface area (Å²) < 4.78 is 27.7. The van der Waals surface area contributed by atoms with Crippen LogP contribution in [0.3, 0.4) is 0 Å². The van der Waals surface area contributed by atoms with Gasteiger partial charge in [0.25, 0.3) is 5.91 Å². The molecular formula is C38H47ClN6O7S. The summed E-state index contributed by atoms with van der Waals surface area (Å²) in [5, 5.41) is 26.0. The van der Waals surface area contributed by atoms with Crippen LogP contribution in [0, 0.1) is 29.1 Å². The molecule has 15 heteroatoms. The molecule has 6 rings (SSSR count). The molecule has 0 radical (unpaired) electrons. The maximum atomic E-state index is 14.7. The number of carboxylic acid groups (broad SMARTS) is 1. The standard InChI is InChI=1S/C38H47ClN6O7S/c1-6-23-17-38(23,35(48)43-53(51,52)26-13-14-26)42-33(46)30-15-22(32-27-11-8-12-29(39)28(27)19-45(32)36(49)50)18-44(30)34(47)31(21(2)3)41-25-10-7-9-24(16-25)37(4,5)20-40/h7-12,16,21-23,26,30-32,41H,6,13-15,17-19H2,1-5H3,(H,42,46)(H,43,48)(H,49,50)/t22-,23-,30+,31+,32?,38-/m1/s1. The van der Waals surface area contributed by atoms with Crippen LogP contribution in [0.4, 0.5) is 10.5 Å². The van der Waals surface area contributed by atoms with E-state index in [2.05, 4.69) is 21.4 Å². The van der Waals surface area contributed by atoms with Crippen molar-refractivity contribution in [3.05, 3.63) is 64.2 Å². The Labute approximate surface area is 315 Å². The average molecular weight is 767 g/mol. The monoisotopic (exact) mass is 766 g/mol. The molecule has 4 aliphatic rings. The third kappa shape index (κ3) is 7.30. The molecule has 2 aliphatic heterocycles. The van der Waals surface area contributed by atoms with Crippen molar-refractivity contribution in [1.29, 1.82) is 5.26 Å². The van der Waals surface area contributed by atoms with Crippen molar-refractivity contribution in [1.82, 2.24) is 19.8 Å². The highest BCUT2D eigenvalue weighted by Gasteiger charge is 2.62. The zero-order valence-electron chi connectivity index (χ0n) is 30.6. The number of likely N-dealkylation sites (tertiary alicyclic amines) is 1. The van der Waals surface area contributed by atoms with Gasteiger partial charge in [0, 0.05) is 23.2 Å². The van der Waals surface area contributed by atoms with Crippen molar-refractivity contribution in [2.45, 2.75) is 108 Å². The van der Waals surface area contributed by atoms with Gasteiger partial charge >= 0.3 is 6.09 Å². The lowest BCUT2D eigenvalue weighted by molar-refractivity contribution is -0.140. The largest absolute Gasteiger partial charge is 0.465 e. The Morgan fingerprint density at radius 3 is 2.42 bits per heavy atom. The normalized spacial score (nSPS) is 25.7. The minimum absolute atomic E-state index is 0.0379. The topological polar surface area (TPSA) is 189 Å². The molecule has 6 atom stereocenters. The number of hydrogen-bond acceptors (Lipinski definition) is 8. The van der Waals surface area contributed by atoms with Gasteiger partial charge in [-0.3, -0.25) is 24.0 Å². The first-order valence-corrected chi connectivity index (χ1v) is 20.1. The van der Waals surface area contributed by atoms with Crippen molar-refractivity contribution in [2.24, 2.45) is 17.8 Å². The van der Waals surface area contributed by atoms with Crippen molar-refractivity contribution in [3.63, 3.8) is 0 Å². The third-order valence-electron chi connectivity index (χ3n) is 11.4. The molecule has 0 spiro atoms. The zero-order valence-corrected chi connectivity index (χ0v) is 32.1. The predicted molar refractivity (Wildman–Crippen MR) is 198 cm³/mol. The summed E-state index contributed by atoms with van der Waals surface area (Å²) in [5.41, 5.74) is 0.519. The first-order chi connectivity index (χ1) is 24.9. The maximum Gasteiger partial charge on any atom is 0.408 e. The first kappa shape index (κ1) is 38.4. The molecule has 4 N–H and O–H groups in total. The smallest absolute Gasteiger partial charge is 0.408 e. The number of anilines is 1. The number of rotatable bonds is 12. The van der Waals surface area contributed by atoms with E-state index in [4.69, 9.17) is 11.6 Å². The van der Waals surface area contributed by atoms with Gasteiger partial charge in [-0.1, -0.05) is 63.1 Å². The Morgan fingerprint density at radius 1 is 1.11 bits per heavy atom. The third-order valence-corrected chi connectivity index (χ3v) is 13.6. The van der Waals surface area contributed by atoms with Gasteiger partial charge in [-0.2, -0.15) is 5.26 Å². The van der Waals surface area contributed by atoms with E-state index >= 15 is 0 Å². The molecule has 2 aliphatic carbocycles. The minimum atomic E-state index is -3.88. The number of nitriles is 1. The van der Waals surface area contributed by atoms with Gasteiger partial charge in [0.2, 0.25) is 21.8 Å². The molecule has 2 aromatic rings. The Hall–Kier alpha value is -4.35. The van der Waals surface area contributed by atoms with Gasteiger partial charge in [-0.05, 0) is 86.3 Å². The van der Waals surface area contributed by atoms with E-state index in [1.54, 1.807) is 38.1 Å². The summed E-state index contributed by atoms with van der Waals surface area (Å²) in [6.45, 7) is 9.30. The molecule has 53 heavy (non-hydrogen) atoms. The fraction of sp³-hybridized carbons (Fsp3) is 0.553. The predicted octanol–water partition coefficient (Wildman–Crippen LogP) is 4.92. The highest BCUT2D eigenvalue weighted by atomic mass is 35.5. The van der Waals surface area contributed by atoms with Crippen molar-refractivity contribution < 1.29 is 32.7 Å². The zero-order chi connectivity index (χ0) is 38.6. The highest BCUT2D eigenvalue weighted by molar-refractivity contribution is 7.91. The van der Waals surface area contributed by atoms with E-state index in [1.807, 2.05) is 39.0 Å². The fourth-order valence-electron chi connectivity index (χ4n) is 7.97. The molecule has 1 saturated heterocycles. The van der Waals surface area contributed by atoms with Gasteiger partial charge in [-0.25, -0.2) is 13.2 Å². The summed E-state index contributed by atoms with van der Waals surface area (Å²) in [4.78, 5) is 58.2. The van der Waals surface area contributed by atoms with Crippen LogP contribution in [0.1, 0.15) is 89.5 Å². The van der Waals surface area contributed by atoms with Gasteiger partial charge in [0.05, 0.1) is 29.3 Å². The molecule has 2 saturated carbocycles. The summed E-state index contributed by atoms with van der Waals surface area (Å²) in [6.07, 6.45) is 0.622. The summed E-state index contributed by atoms with van der Waals surface area (Å²) in [7, 11) is -3.88. The summed E-state index contributed by atoms with van der Waals surface area (Å²) in [6, 6.07) is 12.2. The number of benzene rings is 2. The van der Waals surface area contributed by atoms with E-state index in [0.29, 0.717) is 41.1 Å². The van der Waals surface area contributed by atoms with E-state index in [9.17, 15) is 38.0 Å². The van der Waals surface area contributed by atoms with Crippen LogP contribution in [-0.4, -0.2) is 76.6 Å². The lowest BCUT2D eigenvalue weighted by atomic mass is 9.86. The fourth-order valence-corrected chi connectivity index (χ4v) is 9.58. The molecule has 0 bridgehead atoms. The molecule has 284 valence electrons. The van der Waals surface area contributed by atoms with Crippen molar-refractivity contribution >= 4 is 51.1 Å². The van der Waals surface area contributed by atoms with E-state index in [1.165, 1.54) is 9.80 Å². The van der Waals surface area contributed by atoms with E-state index in [0.717, 1.165) is 5.56 Å². The Morgan fingerprint density at radius 2 is 1.81 bits per heavy atom. The average Bonchev–Trinajstić information content (AvgIpc) is 4.01. The number of carbonyl (C=O) groups is 4. The molecule has 3 fully saturated rings. The van der Waals surface area contributed by atoms with Crippen molar-refractivity contribution in [2.75, 3.05) is 11.9 Å². The molecular weight excluding hydrogens is 720 g/mol. The van der Waals surface area contributed by atoms with Gasteiger partial charge in [0.15, 0.2) is 0 Å². The molecule has 1 unspecified atom stereocenters. The van der Waals surface area contributed by atoms with Crippen LogP contribution in [0.2, 0.25) is 5.02 Å². The second-order valence-electron chi connectivity index (χ2n) is 15.8. The van der Waals surface area contributed by atoms with Gasteiger partial charge < -0.3 is 20.6 Å². The van der Waals surface area contributed by atoms with Crippen LogP contribution in [0.5, 0.6) is 0 Å². The van der Waals surface area contributed by atoms with Crippen molar-refractivity contribution in [3.8, 4) is 6.07 Å². The molecule has 4 amide bonds. The van der Waals surface area contributed by atoms with Crippen LogP contribution >= 0.6 is 11.6 Å². The van der Waals surface area contributed by atoms with Gasteiger partial charge in [0.1, 0.15) is 17.6 Å². The molecule has 2 aromatic carbocycles. The Bertz CT molecular complexity index is 1980. The number of hydrogen-bond donors (Lipinski definition) is 4. The van der Waals surface area contributed by atoms with Crippen LogP contribution < -0.4 is 15.4 Å². The van der Waals surface area contributed by atoms with Crippen LogP contribution in [-0.2, 0) is 36.4 Å². The maximum absolute atomic E-state index is 14.7. The van der Waals surface area contributed by atoms with Crippen LogP contribution in [0.15, 0.2) is 42.5 Å². The lowest BCUT2D eigenvalue weighted by Crippen LogP contribution is -2.58. The molecule has 0 aromatic heterocycles. The molecule has 13 nitrogen and oxygen atoms in total. The quantitative estimate of drug-likeness (QED) is 0.232. The minimum Gasteiger partial charge on any atom is -0.465 e. The number of nitrogens with one attached hydrogen (secondary N) is 3. The number of nitrogens with zero attached hydrogens (tertiary/aromatic N) is 3. The van der Waals surface area contributed by atoms with Gasteiger partial charge in [-0.15, -0.1) is 0 Å². The number of carbonyl (C=O) groups excluding carboxylic acids is 3. The second kappa shape index (κ2) is 14.1. The molecule has 2 heterocycles. The highest BCUT2D eigenvalue weighted by Crippen LogP contribution is 2.49. The Kier molecular flexibility index (Phi) is 10.2.